The van der Waals surface area contributed by atoms with Crippen LogP contribution in [0, 0.1) is 0 Å². The zero-order valence-corrected chi connectivity index (χ0v) is 5.40. The van der Waals surface area contributed by atoms with Gasteiger partial charge in [-0.1, -0.05) is 0 Å². The molecule has 0 saturated heterocycles. The van der Waals surface area contributed by atoms with Crippen molar-refractivity contribution in [3.8, 4) is 0 Å². The molecule has 4 nitrogen and oxygen atoms in total. The van der Waals surface area contributed by atoms with E-state index in [1.54, 1.807) is 17.3 Å². The fourth-order valence-electron chi connectivity index (χ4n) is 1.10. The molecule has 52 valence electrons. The van der Waals surface area contributed by atoms with Crippen LogP contribution in [0.5, 0.6) is 0 Å². The van der Waals surface area contributed by atoms with E-state index in [2.05, 4.69) is 9.98 Å². The number of hydrogen-bond acceptors (Lipinski definition) is 3. The smallest absolute Gasteiger partial charge is 0.231 e. The fourth-order valence-corrected chi connectivity index (χ4v) is 1.10. The lowest BCUT2D eigenvalue weighted by Crippen LogP contribution is -2.38. The first-order valence-corrected chi connectivity index (χ1v) is 3.21. The number of rotatable bonds is 0. The fraction of sp³-hybridized carbons (Fsp3) is 0.500. The number of nitrogens with zero attached hydrogens (tertiary/aromatic N) is 3. The Labute approximate surface area is 58.3 Å². The third-order valence-corrected chi connectivity index (χ3v) is 1.62. The van der Waals surface area contributed by atoms with Crippen molar-refractivity contribution in [1.82, 2.24) is 4.90 Å². The standard InChI is InChI=1S/C6H7N3O/c10-5-1-2-7-6-8-3-4-9(5)6/h2-3,6H,1,4H2. The molecule has 0 spiro atoms. The Morgan fingerprint density at radius 1 is 1.50 bits per heavy atom. The SMILES string of the molecule is O=C1CC=NC2N=CCN12. The molecule has 1 amide bonds. The first kappa shape index (κ1) is 5.58. The van der Waals surface area contributed by atoms with Gasteiger partial charge >= 0.3 is 0 Å². The normalized spacial score (nSPS) is 29.4. The van der Waals surface area contributed by atoms with Crippen LogP contribution in [0.4, 0.5) is 0 Å². The van der Waals surface area contributed by atoms with Crippen molar-refractivity contribution in [3.63, 3.8) is 0 Å². The topological polar surface area (TPSA) is 45.0 Å². The molecule has 0 saturated carbocycles. The van der Waals surface area contributed by atoms with E-state index in [-0.39, 0.29) is 12.2 Å². The highest BCUT2D eigenvalue weighted by Crippen LogP contribution is 2.12. The highest BCUT2D eigenvalue weighted by atomic mass is 16.2. The lowest BCUT2D eigenvalue weighted by molar-refractivity contribution is -0.131. The van der Waals surface area contributed by atoms with E-state index in [1.165, 1.54) is 0 Å². The molecular weight excluding hydrogens is 130 g/mol. The zero-order valence-electron chi connectivity index (χ0n) is 5.40. The number of aliphatic imine (C=N–C) groups is 2. The summed E-state index contributed by atoms with van der Waals surface area (Å²) < 4.78 is 0. The molecule has 1 unspecified atom stereocenters. The highest BCUT2D eigenvalue weighted by Gasteiger charge is 2.26. The van der Waals surface area contributed by atoms with Crippen LogP contribution in [0.15, 0.2) is 9.98 Å². The van der Waals surface area contributed by atoms with E-state index in [0.29, 0.717) is 13.0 Å². The van der Waals surface area contributed by atoms with Crippen LogP contribution in [0.2, 0.25) is 0 Å². The minimum absolute atomic E-state index is 0.123. The maximum absolute atomic E-state index is 11.0. The maximum Gasteiger partial charge on any atom is 0.231 e. The van der Waals surface area contributed by atoms with Gasteiger partial charge in [0, 0.05) is 12.4 Å². The second kappa shape index (κ2) is 1.90. The van der Waals surface area contributed by atoms with Gasteiger partial charge < -0.3 is 0 Å². The van der Waals surface area contributed by atoms with Crippen molar-refractivity contribution in [1.29, 1.82) is 0 Å². The average molecular weight is 137 g/mol. The van der Waals surface area contributed by atoms with Crippen LogP contribution in [0.1, 0.15) is 6.42 Å². The molecule has 0 radical (unpaired) electrons. The Hall–Kier alpha value is -1.19. The van der Waals surface area contributed by atoms with Crippen molar-refractivity contribution in [2.75, 3.05) is 6.54 Å². The molecule has 0 aliphatic carbocycles. The third kappa shape index (κ3) is 0.650. The van der Waals surface area contributed by atoms with Crippen molar-refractivity contribution >= 4 is 18.3 Å². The van der Waals surface area contributed by atoms with Crippen molar-refractivity contribution in [2.24, 2.45) is 9.98 Å². The second-order valence-electron chi connectivity index (χ2n) is 2.26. The second-order valence-corrected chi connectivity index (χ2v) is 2.26. The van der Waals surface area contributed by atoms with Crippen molar-refractivity contribution in [2.45, 2.75) is 12.7 Å². The molecule has 0 aromatic rings. The minimum Gasteiger partial charge on any atom is -0.296 e. The largest absolute Gasteiger partial charge is 0.296 e. The van der Waals surface area contributed by atoms with Crippen LogP contribution in [-0.2, 0) is 4.79 Å². The van der Waals surface area contributed by atoms with Crippen molar-refractivity contribution in [3.05, 3.63) is 0 Å². The molecule has 0 aromatic carbocycles. The third-order valence-electron chi connectivity index (χ3n) is 1.62. The molecule has 4 heteroatoms. The average Bonchev–Trinajstić information content (AvgIpc) is 2.36. The minimum atomic E-state index is -0.235. The molecule has 0 N–H and O–H groups in total. The Morgan fingerprint density at radius 2 is 2.30 bits per heavy atom. The Balaban J connectivity index is 2.27. The van der Waals surface area contributed by atoms with Gasteiger partial charge in [0.2, 0.25) is 12.2 Å². The van der Waals surface area contributed by atoms with E-state index in [4.69, 9.17) is 0 Å². The Morgan fingerprint density at radius 3 is 3.10 bits per heavy atom. The van der Waals surface area contributed by atoms with Gasteiger partial charge in [-0.3, -0.25) is 14.7 Å². The molecule has 0 aromatic heterocycles. The summed E-state index contributed by atoms with van der Waals surface area (Å²) in [5.41, 5.74) is 0. The van der Waals surface area contributed by atoms with Gasteiger partial charge in [0.1, 0.15) is 0 Å². The summed E-state index contributed by atoms with van der Waals surface area (Å²) in [4.78, 5) is 20.7. The van der Waals surface area contributed by atoms with Crippen LogP contribution < -0.4 is 0 Å². The van der Waals surface area contributed by atoms with E-state index >= 15 is 0 Å². The van der Waals surface area contributed by atoms with Crippen molar-refractivity contribution < 1.29 is 4.79 Å². The first-order valence-electron chi connectivity index (χ1n) is 3.21. The van der Waals surface area contributed by atoms with E-state index in [0.717, 1.165) is 0 Å². The van der Waals surface area contributed by atoms with E-state index < -0.39 is 0 Å². The van der Waals surface area contributed by atoms with E-state index in [9.17, 15) is 4.79 Å². The highest BCUT2D eigenvalue weighted by molar-refractivity contribution is 5.93. The molecule has 1 atom stereocenters. The van der Waals surface area contributed by atoms with Crippen LogP contribution >= 0.6 is 0 Å². The Kier molecular flexibility index (Phi) is 1.06. The molecule has 10 heavy (non-hydrogen) atoms. The van der Waals surface area contributed by atoms with Gasteiger partial charge in [0.05, 0.1) is 13.0 Å². The maximum atomic E-state index is 11.0. The number of fused-ring (bicyclic) bond motifs is 1. The van der Waals surface area contributed by atoms with Crippen LogP contribution in [0.3, 0.4) is 0 Å². The van der Waals surface area contributed by atoms with Gasteiger partial charge in [-0.15, -0.1) is 0 Å². The lowest BCUT2D eigenvalue weighted by atomic mass is 10.3. The number of carbonyl (C=O) groups excluding carboxylic acids is 1. The van der Waals surface area contributed by atoms with Gasteiger partial charge in [-0.05, 0) is 0 Å². The first-order chi connectivity index (χ1) is 4.88. The number of carbonyl (C=O) groups is 1. The monoisotopic (exact) mass is 137 g/mol. The zero-order chi connectivity index (χ0) is 6.97. The lowest BCUT2D eigenvalue weighted by Gasteiger charge is -2.22. The van der Waals surface area contributed by atoms with Crippen LogP contribution in [-0.4, -0.2) is 36.1 Å². The van der Waals surface area contributed by atoms with Gasteiger partial charge in [-0.25, -0.2) is 4.99 Å². The molecule has 2 aliphatic heterocycles. The van der Waals surface area contributed by atoms with Gasteiger partial charge in [-0.2, -0.15) is 0 Å². The summed E-state index contributed by atoms with van der Waals surface area (Å²) >= 11 is 0. The molecule has 2 rings (SSSR count). The summed E-state index contributed by atoms with van der Waals surface area (Å²) in [6, 6.07) is 0. The predicted molar refractivity (Wildman–Crippen MR) is 37.1 cm³/mol. The predicted octanol–water partition coefficient (Wildman–Crippen LogP) is -0.343. The summed E-state index contributed by atoms with van der Waals surface area (Å²) in [6.07, 6.45) is 3.55. The summed E-state index contributed by atoms with van der Waals surface area (Å²) in [6.45, 7) is 0.626. The number of amides is 1. The van der Waals surface area contributed by atoms with Crippen LogP contribution in [0.25, 0.3) is 0 Å². The van der Waals surface area contributed by atoms with E-state index in [1.807, 2.05) is 0 Å². The summed E-state index contributed by atoms with van der Waals surface area (Å²) in [5, 5.41) is 0. The number of hydrogen-bond donors (Lipinski definition) is 0. The van der Waals surface area contributed by atoms with Gasteiger partial charge in [0.25, 0.3) is 0 Å². The molecule has 2 aliphatic rings. The summed E-state index contributed by atoms with van der Waals surface area (Å²) in [7, 11) is 0. The summed E-state index contributed by atoms with van der Waals surface area (Å²) in [5.74, 6) is 0.123. The quantitative estimate of drug-likeness (QED) is 0.450. The van der Waals surface area contributed by atoms with Gasteiger partial charge in [0.15, 0.2) is 0 Å². The molecule has 2 heterocycles. The molecule has 0 bridgehead atoms. The Bertz CT molecular complexity index is 221. The molecule has 0 fully saturated rings. The molecular formula is C6H7N3O.